The molecular weight excluding hydrogens is 524 g/mol. The second-order valence-corrected chi connectivity index (χ2v) is 17.6. The zero-order chi connectivity index (χ0) is 29.0. The molecule has 7 atom stereocenters. The van der Waals surface area contributed by atoms with E-state index in [2.05, 4.69) is 107 Å². The quantitative estimate of drug-likeness (QED) is 0.272. The summed E-state index contributed by atoms with van der Waals surface area (Å²) in [6, 6.07) is 32.0. The first kappa shape index (κ1) is 30.2. The minimum Gasteiger partial charge on any atom is -0.404 e. The van der Waals surface area contributed by atoms with Crippen molar-refractivity contribution in [2.75, 3.05) is 6.61 Å². The number of hydrogen-bond donors (Lipinski definition) is 1. The zero-order valence-electron chi connectivity index (χ0n) is 25.4. The van der Waals surface area contributed by atoms with Crippen LogP contribution in [0.2, 0.25) is 5.04 Å². The van der Waals surface area contributed by atoms with Crippen molar-refractivity contribution < 1.29 is 19.0 Å². The van der Waals surface area contributed by atoms with Gasteiger partial charge in [0, 0.05) is 5.92 Å². The lowest BCUT2D eigenvalue weighted by Gasteiger charge is -2.49. The van der Waals surface area contributed by atoms with Gasteiger partial charge in [0.05, 0.1) is 37.6 Å². The highest BCUT2D eigenvalue weighted by atomic mass is 28.4. The largest absolute Gasteiger partial charge is 0.404 e. The van der Waals surface area contributed by atoms with Gasteiger partial charge in [-0.2, -0.15) is 0 Å². The van der Waals surface area contributed by atoms with Crippen LogP contribution in [0.15, 0.2) is 91.0 Å². The highest BCUT2D eigenvalue weighted by molar-refractivity contribution is 6.99. The molecule has 5 heteroatoms. The summed E-state index contributed by atoms with van der Waals surface area (Å²) in [4.78, 5) is 0. The second kappa shape index (κ2) is 12.9. The maximum absolute atomic E-state index is 11.0. The fourth-order valence-electron chi connectivity index (χ4n) is 6.75. The third-order valence-corrected chi connectivity index (χ3v) is 14.4. The van der Waals surface area contributed by atoms with Crippen LogP contribution in [-0.2, 0) is 20.5 Å². The highest BCUT2D eigenvalue weighted by Crippen LogP contribution is 2.44. The van der Waals surface area contributed by atoms with E-state index in [0.29, 0.717) is 31.5 Å². The predicted molar refractivity (Wildman–Crippen MR) is 169 cm³/mol. The molecule has 2 aliphatic rings. The lowest BCUT2D eigenvalue weighted by Crippen LogP contribution is -2.69. The van der Waals surface area contributed by atoms with Crippen molar-refractivity contribution in [3.8, 4) is 0 Å². The van der Waals surface area contributed by atoms with Crippen LogP contribution in [0.5, 0.6) is 0 Å². The van der Waals surface area contributed by atoms with Gasteiger partial charge in [-0.1, -0.05) is 126 Å². The Morgan fingerprint density at radius 3 is 1.90 bits per heavy atom. The van der Waals surface area contributed by atoms with Crippen molar-refractivity contribution in [2.24, 2.45) is 17.8 Å². The number of aliphatic hydroxyl groups is 1. The van der Waals surface area contributed by atoms with Crippen LogP contribution in [0.4, 0.5) is 0 Å². The van der Waals surface area contributed by atoms with Gasteiger partial charge in [-0.25, -0.2) is 0 Å². The Kier molecular flexibility index (Phi) is 9.52. The zero-order valence-corrected chi connectivity index (χ0v) is 26.4. The summed E-state index contributed by atoms with van der Waals surface area (Å²) >= 11 is 0. The maximum atomic E-state index is 11.0. The van der Waals surface area contributed by atoms with Crippen LogP contribution < -0.4 is 10.4 Å². The average Bonchev–Trinajstić information content (AvgIpc) is 3.71. The van der Waals surface area contributed by atoms with Crippen LogP contribution in [0.25, 0.3) is 0 Å². The Morgan fingerprint density at radius 1 is 0.854 bits per heavy atom. The van der Waals surface area contributed by atoms with E-state index in [1.807, 2.05) is 18.2 Å². The summed E-state index contributed by atoms with van der Waals surface area (Å²) in [5.74, 6) is 1.13. The normalized spacial score (nSPS) is 27.4. The predicted octanol–water partition coefficient (Wildman–Crippen LogP) is 6.35. The van der Waals surface area contributed by atoms with E-state index < -0.39 is 8.32 Å². The van der Waals surface area contributed by atoms with Gasteiger partial charge in [0.1, 0.15) is 0 Å². The fourth-order valence-corrected chi connectivity index (χ4v) is 11.5. The van der Waals surface area contributed by atoms with Crippen LogP contribution in [0, 0.1) is 17.8 Å². The fraction of sp³-hybridized carbons (Fsp3) is 0.500. The molecule has 220 valence electrons. The molecule has 1 saturated heterocycles. The smallest absolute Gasteiger partial charge is 0.261 e. The average molecular weight is 573 g/mol. The van der Waals surface area contributed by atoms with Gasteiger partial charge in [-0.15, -0.1) is 0 Å². The molecule has 0 aromatic heterocycles. The monoisotopic (exact) mass is 572 g/mol. The molecule has 0 unspecified atom stereocenters. The summed E-state index contributed by atoms with van der Waals surface area (Å²) in [6.07, 6.45) is 2.01. The van der Waals surface area contributed by atoms with Crippen molar-refractivity contribution in [1.29, 1.82) is 0 Å². The van der Waals surface area contributed by atoms with Gasteiger partial charge < -0.3 is 19.0 Å². The minimum absolute atomic E-state index is 0.0193. The molecule has 3 aromatic rings. The van der Waals surface area contributed by atoms with Gasteiger partial charge in [0.2, 0.25) is 0 Å². The molecule has 0 amide bonds. The van der Waals surface area contributed by atoms with E-state index in [0.717, 1.165) is 18.4 Å². The molecule has 1 heterocycles. The minimum atomic E-state index is -2.74. The first-order valence-corrected chi connectivity index (χ1v) is 17.3. The Bertz CT molecular complexity index is 1170. The van der Waals surface area contributed by atoms with E-state index in [1.54, 1.807) is 0 Å². The number of hydrogen-bond acceptors (Lipinski definition) is 4. The molecule has 0 bridgehead atoms. The molecule has 0 spiro atoms. The SMILES string of the molecule is C[C@H]1[C@H](COCc2ccccc2)O[C@H](C[C@@H](O)[C@@H]2C[C@H]2C)C[C@@H]1O[Si](c1ccccc1)(c1ccccc1)C(C)(C)C. The molecule has 3 aromatic carbocycles. The van der Waals surface area contributed by atoms with Gasteiger partial charge in [0.25, 0.3) is 8.32 Å². The molecule has 1 aliphatic carbocycles. The van der Waals surface area contributed by atoms with Gasteiger partial charge in [0.15, 0.2) is 0 Å². The van der Waals surface area contributed by atoms with Crippen LogP contribution in [-0.4, -0.2) is 44.4 Å². The second-order valence-electron chi connectivity index (χ2n) is 13.4. The van der Waals surface area contributed by atoms with Crippen molar-refractivity contribution >= 4 is 18.7 Å². The molecule has 4 nitrogen and oxygen atoms in total. The van der Waals surface area contributed by atoms with E-state index in [-0.39, 0.29) is 35.4 Å². The van der Waals surface area contributed by atoms with Crippen LogP contribution >= 0.6 is 0 Å². The summed E-state index contributed by atoms with van der Waals surface area (Å²) in [5.41, 5.74) is 1.16. The van der Waals surface area contributed by atoms with E-state index >= 15 is 0 Å². The molecule has 41 heavy (non-hydrogen) atoms. The molecule has 1 aliphatic heterocycles. The lowest BCUT2D eigenvalue weighted by molar-refractivity contribution is -0.158. The molecule has 0 radical (unpaired) electrons. The number of ether oxygens (including phenoxy) is 2. The van der Waals surface area contributed by atoms with Crippen molar-refractivity contribution in [3.05, 3.63) is 96.6 Å². The lowest BCUT2D eigenvalue weighted by atomic mass is 9.88. The van der Waals surface area contributed by atoms with Crippen molar-refractivity contribution in [2.45, 2.75) is 89.9 Å². The summed E-state index contributed by atoms with van der Waals surface area (Å²) in [7, 11) is -2.74. The Labute approximate surface area is 248 Å². The van der Waals surface area contributed by atoms with Gasteiger partial charge in [-0.05, 0) is 52.1 Å². The van der Waals surface area contributed by atoms with E-state index in [1.165, 1.54) is 10.4 Å². The molecule has 1 saturated carbocycles. The highest BCUT2D eigenvalue weighted by Gasteiger charge is 2.53. The number of aliphatic hydroxyl groups excluding tert-OH is 1. The molecule has 5 rings (SSSR count). The molecule has 1 N–H and O–H groups in total. The first-order chi connectivity index (χ1) is 19.7. The first-order valence-electron chi connectivity index (χ1n) is 15.4. The van der Waals surface area contributed by atoms with Crippen molar-refractivity contribution in [1.82, 2.24) is 0 Å². The summed E-state index contributed by atoms with van der Waals surface area (Å²) in [6.45, 7) is 12.5. The van der Waals surface area contributed by atoms with Crippen LogP contribution in [0.1, 0.15) is 59.4 Å². The van der Waals surface area contributed by atoms with Crippen molar-refractivity contribution in [3.63, 3.8) is 0 Å². The maximum Gasteiger partial charge on any atom is 0.261 e. The standard InChI is InChI=1S/C36H48O4Si/c1-26-21-32(26)33(37)22-29-23-34(27(2)35(39-29)25-38-24-28-15-9-6-10-16-28)40-41(36(3,4)5,30-17-11-7-12-18-30)31-19-13-8-14-20-31/h6-20,26-27,29,32-35,37H,21-25H2,1-5H3/t26-,27-,29-,32-,33-,34+,35+/m1/s1. The van der Waals surface area contributed by atoms with Gasteiger partial charge in [-0.3, -0.25) is 0 Å². The Morgan fingerprint density at radius 2 is 1.39 bits per heavy atom. The molecule has 2 fully saturated rings. The number of benzene rings is 3. The van der Waals surface area contributed by atoms with E-state index in [4.69, 9.17) is 13.9 Å². The number of rotatable bonds is 11. The van der Waals surface area contributed by atoms with E-state index in [9.17, 15) is 5.11 Å². The topological polar surface area (TPSA) is 47.9 Å². The van der Waals surface area contributed by atoms with Crippen LogP contribution in [0.3, 0.4) is 0 Å². The van der Waals surface area contributed by atoms with Gasteiger partial charge >= 0.3 is 0 Å². The third-order valence-electron chi connectivity index (χ3n) is 9.34. The Hall–Kier alpha value is -2.28. The summed E-state index contributed by atoms with van der Waals surface area (Å²) in [5, 5.41) is 13.5. The molecular formula is C36H48O4Si. The summed E-state index contributed by atoms with van der Waals surface area (Å²) < 4.78 is 20.6. The third kappa shape index (κ3) is 6.87. The Balaban J connectivity index is 1.45.